The summed E-state index contributed by atoms with van der Waals surface area (Å²) in [4.78, 5) is 25.7. The summed E-state index contributed by atoms with van der Waals surface area (Å²) in [6.07, 6.45) is 4.81. The van der Waals surface area contributed by atoms with Crippen LogP contribution in [0.3, 0.4) is 0 Å². The Labute approximate surface area is 175 Å². The fraction of sp³-hybridized carbons (Fsp3) is 0.375. The molecule has 0 atom stereocenters. The number of nitrogens with zero attached hydrogens (tertiary/aromatic N) is 2. The number of carbonyl (C=O) groups excluding carboxylic acids is 1. The molecule has 0 unspecified atom stereocenters. The molecule has 6 nitrogen and oxygen atoms in total. The predicted molar refractivity (Wildman–Crippen MR) is 117 cm³/mol. The summed E-state index contributed by atoms with van der Waals surface area (Å²) in [5.74, 6) is 0.505. The van der Waals surface area contributed by atoms with Crippen molar-refractivity contribution in [3.05, 3.63) is 70.1 Å². The predicted octanol–water partition coefficient (Wildman–Crippen LogP) is 4.23. The summed E-state index contributed by atoms with van der Waals surface area (Å²) >= 11 is 0. The number of ether oxygens (including phenoxy) is 1. The van der Waals surface area contributed by atoms with Gasteiger partial charge in [-0.25, -0.2) is 4.68 Å². The molecule has 1 saturated carbocycles. The van der Waals surface area contributed by atoms with Crippen molar-refractivity contribution < 1.29 is 9.53 Å². The first-order valence-electron chi connectivity index (χ1n) is 10.6. The Morgan fingerprint density at radius 2 is 1.77 bits per heavy atom. The molecule has 0 aliphatic heterocycles. The Balaban J connectivity index is 1.59. The molecule has 1 aromatic heterocycles. The normalized spacial score (nSPS) is 14.4. The number of aromatic nitrogens is 2. The number of fused-ring (bicyclic) bond motifs is 1. The van der Waals surface area contributed by atoms with E-state index in [0.717, 1.165) is 24.2 Å². The Bertz CT molecular complexity index is 1110. The Hall–Kier alpha value is -3.15. The summed E-state index contributed by atoms with van der Waals surface area (Å²) in [6, 6.07) is 14.8. The minimum absolute atomic E-state index is 0.144. The molecule has 3 aromatic rings. The number of carbonyl (C=O) groups is 1. The van der Waals surface area contributed by atoms with Gasteiger partial charge in [0, 0.05) is 17.5 Å². The van der Waals surface area contributed by atoms with E-state index >= 15 is 0 Å². The third kappa shape index (κ3) is 4.08. The maximum absolute atomic E-state index is 13.0. The number of benzene rings is 2. The topological polar surface area (TPSA) is 73.2 Å². The molecule has 2 aromatic carbocycles. The summed E-state index contributed by atoms with van der Waals surface area (Å²) in [5.41, 5.74) is 1.000. The summed E-state index contributed by atoms with van der Waals surface area (Å²) < 4.78 is 7.54. The molecule has 156 valence electrons. The number of amides is 1. The van der Waals surface area contributed by atoms with Gasteiger partial charge in [-0.2, -0.15) is 5.10 Å². The molecule has 0 bridgehead atoms. The molecular formula is C24H27N3O3. The summed E-state index contributed by atoms with van der Waals surface area (Å²) in [5, 5.41) is 8.40. The molecule has 30 heavy (non-hydrogen) atoms. The van der Waals surface area contributed by atoms with Crippen LogP contribution in [0.2, 0.25) is 0 Å². The Kier molecular flexibility index (Phi) is 5.84. The number of rotatable bonds is 6. The third-order valence-corrected chi connectivity index (χ3v) is 5.54. The van der Waals surface area contributed by atoms with E-state index in [1.807, 2.05) is 44.2 Å². The first-order chi connectivity index (χ1) is 14.5. The second-order valence-corrected chi connectivity index (χ2v) is 8.05. The average Bonchev–Trinajstić information content (AvgIpc) is 3.26. The highest BCUT2D eigenvalue weighted by Gasteiger charge is 2.20. The highest BCUT2D eigenvalue weighted by Crippen LogP contribution is 2.26. The summed E-state index contributed by atoms with van der Waals surface area (Å²) in [6.45, 7) is 4.08. The van der Waals surface area contributed by atoms with Gasteiger partial charge >= 0.3 is 0 Å². The van der Waals surface area contributed by atoms with Crippen LogP contribution in [0, 0.1) is 0 Å². The van der Waals surface area contributed by atoms with Crippen molar-refractivity contribution in [3.8, 4) is 5.75 Å². The van der Waals surface area contributed by atoms with Crippen LogP contribution in [0.5, 0.6) is 5.75 Å². The monoisotopic (exact) mass is 405 g/mol. The lowest BCUT2D eigenvalue weighted by Gasteiger charge is -2.17. The van der Waals surface area contributed by atoms with Gasteiger partial charge in [0.05, 0.1) is 17.5 Å². The Morgan fingerprint density at radius 1 is 1.10 bits per heavy atom. The molecule has 1 amide bonds. The van der Waals surface area contributed by atoms with Gasteiger partial charge in [-0.15, -0.1) is 0 Å². The first kappa shape index (κ1) is 20.1. The van der Waals surface area contributed by atoms with E-state index in [-0.39, 0.29) is 29.3 Å². The number of hydrogen-bond acceptors (Lipinski definition) is 4. The van der Waals surface area contributed by atoms with Crippen LogP contribution in [0.25, 0.3) is 10.8 Å². The third-order valence-electron chi connectivity index (χ3n) is 5.54. The van der Waals surface area contributed by atoms with Crippen LogP contribution in [-0.2, 0) is 6.54 Å². The van der Waals surface area contributed by atoms with Crippen LogP contribution in [0.4, 0.5) is 0 Å². The molecule has 1 fully saturated rings. The van der Waals surface area contributed by atoms with Crippen LogP contribution < -0.4 is 15.6 Å². The molecule has 4 rings (SSSR count). The summed E-state index contributed by atoms with van der Waals surface area (Å²) in [7, 11) is 0. The van der Waals surface area contributed by atoms with Gasteiger partial charge in [-0.3, -0.25) is 9.59 Å². The first-order valence-corrected chi connectivity index (χ1v) is 10.6. The van der Waals surface area contributed by atoms with Crippen molar-refractivity contribution in [2.45, 2.75) is 58.2 Å². The SMILES string of the molecule is CC(C)n1nc(C(=O)NCc2ccccc2OC2CCCC2)c2ccccc2c1=O. The fourth-order valence-electron chi connectivity index (χ4n) is 3.93. The van der Waals surface area contributed by atoms with Crippen molar-refractivity contribution in [2.24, 2.45) is 0 Å². The molecule has 0 saturated heterocycles. The molecule has 0 spiro atoms. The lowest BCUT2D eigenvalue weighted by Crippen LogP contribution is -2.31. The van der Waals surface area contributed by atoms with E-state index in [1.54, 1.807) is 18.2 Å². The van der Waals surface area contributed by atoms with E-state index in [4.69, 9.17) is 4.74 Å². The zero-order valence-corrected chi connectivity index (χ0v) is 17.4. The fourth-order valence-corrected chi connectivity index (χ4v) is 3.93. The molecule has 6 heteroatoms. The number of hydrogen-bond donors (Lipinski definition) is 1. The maximum atomic E-state index is 13.0. The quantitative estimate of drug-likeness (QED) is 0.666. The van der Waals surface area contributed by atoms with Gasteiger partial charge in [0.25, 0.3) is 11.5 Å². The second-order valence-electron chi connectivity index (χ2n) is 8.05. The zero-order valence-electron chi connectivity index (χ0n) is 17.4. The van der Waals surface area contributed by atoms with Gasteiger partial charge in [0.1, 0.15) is 5.75 Å². The molecule has 0 radical (unpaired) electrons. The maximum Gasteiger partial charge on any atom is 0.274 e. The van der Waals surface area contributed by atoms with E-state index < -0.39 is 0 Å². The van der Waals surface area contributed by atoms with Crippen molar-refractivity contribution in [1.29, 1.82) is 0 Å². The van der Waals surface area contributed by atoms with Crippen LogP contribution >= 0.6 is 0 Å². The smallest absolute Gasteiger partial charge is 0.274 e. The second kappa shape index (κ2) is 8.69. The molecule has 1 aliphatic carbocycles. The van der Waals surface area contributed by atoms with Crippen molar-refractivity contribution in [1.82, 2.24) is 15.1 Å². The zero-order chi connectivity index (χ0) is 21.1. The van der Waals surface area contributed by atoms with E-state index in [9.17, 15) is 9.59 Å². The van der Waals surface area contributed by atoms with Crippen LogP contribution in [0.15, 0.2) is 53.3 Å². The van der Waals surface area contributed by atoms with Crippen molar-refractivity contribution >= 4 is 16.7 Å². The highest BCUT2D eigenvalue weighted by molar-refractivity contribution is 6.04. The van der Waals surface area contributed by atoms with Crippen molar-refractivity contribution in [3.63, 3.8) is 0 Å². The van der Waals surface area contributed by atoms with Crippen LogP contribution in [0.1, 0.15) is 61.6 Å². The van der Waals surface area contributed by atoms with Gasteiger partial charge in [0.15, 0.2) is 5.69 Å². The molecular weight excluding hydrogens is 378 g/mol. The van der Waals surface area contributed by atoms with Gasteiger partial charge in [0.2, 0.25) is 0 Å². The van der Waals surface area contributed by atoms with E-state index in [1.165, 1.54) is 17.5 Å². The highest BCUT2D eigenvalue weighted by atomic mass is 16.5. The molecule has 1 heterocycles. The standard InChI is InChI=1S/C24H27N3O3/c1-16(2)27-24(29)20-13-7-6-12-19(20)22(26-27)23(28)25-15-17-9-3-8-14-21(17)30-18-10-4-5-11-18/h3,6-9,12-14,16,18H,4-5,10-11,15H2,1-2H3,(H,25,28). The average molecular weight is 405 g/mol. The van der Waals surface area contributed by atoms with E-state index in [2.05, 4.69) is 10.4 Å². The lowest BCUT2D eigenvalue weighted by molar-refractivity contribution is 0.0944. The van der Waals surface area contributed by atoms with Crippen LogP contribution in [-0.4, -0.2) is 21.8 Å². The van der Waals surface area contributed by atoms with Gasteiger partial charge in [-0.1, -0.05) is 36.4 Å². The minimum atomic E-state index is -0.309. The molecule has 1 aliphatic rings. The van der Waals surface area contributed by atoms with E-state index in [0.29, 0.717) is 17.3 Å². The number of para-hydroxylation sites is 1. The minimum Gasteiger partial charge on any atom is -0.490 e. The largest absolute Gasteiger partial charge is 0.490 e. The lowest BCUT2D eigenvalue weighted by atomic mass is 10.1. The Morgan fingerprint density at radius 3 is 2.50 bits per heavy atom. The van der Waals surface area contributed by atoms with Gasteiger partial charge in [-0.05, 0) is 51.7 Å². The number of nitrogens with one attached hydrogen (secondary N) is 1. The van der Waals surface area contributed by atoms with Crippen molar-refractivity contribution in [2.75, 3.05) is 0 Å². The van der Waals surface area contributed by atoms with Gasteiger partial charge < -0.3 is 10.1 Å². The molecule has 1 N–H and O–H groups in total.